The molecule has 0 radical (unpaired) electrons. The lowest BCUT2D eigenvalue weighted by Gasteiger charge is -2.37. The second kappa shape index (κ2) is 17.8. The molecule has 1 aliphatic rings. The highest BCUT2D eigenvalue weighted by molar-refractivity contribution is 8.01. The first kappa shape index (κ1) is 39.5. The molecular formula is C43H61N3O3S. The van der Waals surface area contributed by atoms with Crippen molar-refractivity contribution >= 4 is 23.8 Å². The molecule has 1 aliphatic heterocycles. The second-order valence-electron chi connectivity index (χ2n) is 15.9. The average Bonchev–Trinajstić information content (AvgIpc) is 3.49. The van der Waals surface area contributed by atoms with Gasteiger partial charge in [-0.1, -0.05) is 139 Å². The van der Waals surface area contributed by atoms with Crippen molar-refractivity contribution in [2.75, 3.05) is 26.2 Å². The molecule has 0 aliphatic carbocycles. The second-order valence-corrected chi connectivity index (χ2v) is 17.4. The number of benzene rings is 3. The highest BCUT2D eigenvalue weighted by Crippen LogP contribution is 2.52. The molecule has 1 saturated heterocycles. The number of carbonyl (C=O) groups excluding carboxylic acids is 2. The van der Waals surface area contributed by atoms with Crippen LogP contribution in [0.1, 0.15) is 91.8 Å². The lowest BCUT2D eigenvalue weighted by Crippen LogP contribution is -2.54. The van der Waals surface area contributed by atoms with Crippen molar-refractivity contribution in [3.8, 4) is 0 Å². The highest BCUT2D eigenvalue weighted by Gasteiger charge is 2.45. The topological polar surface area (TPSA) is 61.9 Å². The summed E-state index contributed by atoms with van der Waals surface area (Å²) in [6.07, 6.45) is 1.32. The Bertz CT molecular complexity index is 1370. The minimum atomic E-state index is -0.631. The van der Waals surface area contributed by atoms with Crippen LogP contribution in [0.15, 0.2) is 91.0 Å². The molecule has 2 amide bonds. The van der Waals surface area contributed by atoms with Gasteiger partial charge >= 0.3 is 6.09 Å². The number of thioether (sulfide) groups is 1. The zero-order valence-corrected chi connectivity index (χ0v) is 32.7. The van der Waals surface area contributed by atoms with Gasteiger partial charge < -0.3 is 15.0 Å². The van der Waals surface area contributed by atoms with Crippen LogP contribution in [-0.4, -0.2) is 70.9 Å². The zero-order valence-electron chi connectivity index (χ0n) is 31.9. The fourth-order valence-electron chi connectivity index (χ4n) is 7.24. The monoisotopic (exact) mass is 699 g/mol. The van der Waals surface area contributed by atoms with Gasteiger partial charge in [-0.2, -0.15) is 0 Å². The minimum Gasteiger partial charge on any atom is -0.444 e. The molecule has 50 heavy (non-hydrogen) atoms. The van der Waals surface area contributed by atoms with Crippen LogP contribution in [-0.2, 0) is 14.3 Å². The molecule has 0 saturated carbocycles. The van der Waals surface area contributed by atoms with Crippen molar-refractivity contribution in [2.45, 2.75) is 103 Å². The van der Waals surface area contributed by atoms with Gasteiger partial charge in [0, 0.05) is 31.4 Å². The molecule has 1 heterocycles. The maximum absolute atomic E-state index is 14.2. The molecule has 3 aromatic rings. The lowest BCUT2D eigenvalue weighted by atomic mass is 9.84. The van der Waals surface area contributed by atoms with E-state index in [-0.39, 0.29) is 35.3 Å². The van der Waals surface area contributed by atoms with Gasteiger partial charge in [0.15, 0.2) is 0 Å². The maximum atomic E-state index is 14.2. The fraction of sp³-hybridized carbons (Fsp3) is 0.535. The van der Waals surface area contributed by atoms with Crippen molar-refractivity contribution < 1.29 is 14.3 Å². The van der Waals surface area contributed by atoms with Crippen LogP contribution in [0.4, 0.5) is 4.79 Å². The van der Waals surface area contributed by atoms with Gasteiger partial charge in [-0.05, 0) is 61.6 Å². The Kier molecular flexibility index (Phi) is 14.0. The van der Waals surface area contributed by atoms with Gasteiger partial charge in [-0.15, -0.1) is 11.8 Å². The number of nitrogens with one attached hydrogen (secondary N) is 1. The van der Waals surface area contributed by atoms with E-state index in [9.17, 15) is 9.59 Å². The van der Waals surface area contributed by atoms with Crippen molar-refractivity contribution in [1.29, 1.82) is 0 Å². The summed E-state index contributed by atoms with van der Waals surface area (Å²) < 4.78 is 5.46. The van der Waals surface area contributed by atoms with Crippen LogP contribution in [0.2, 0.25) is 0 Å². The Hall–Kier alpha value is -3.29. The highest BCUT2D eigenvalue weighted by atomic mass is 32.2. The number of hydrogen-bond acceptors (Lipinski definition) is 5. The molecule has 2 unspecified atom stereocenters. The fourth-order valence-corrected chi connectivity index (χ4v) is 9.11. The quantitative estimate of drug-likeness (QED) is 0.160. The summed E-state index contributed by atoms with van der Waals surface area (Å²) in [5.74, 6) is 1.14. The average molecular weight is 700 g/mol. The summed E-state index contributed by atoms with van der Waals surface area (Å²) in [7, 11) is 0. The van der Waals surface area contributed by atoms with E-state index in [1.807, 2.05) is 37.4 Å². The third-order valence-electron chi connectivity index (χ3n) is 9.44. The minimum absolute atomic E-state index is 0.0492. The molecule has 4 atom stereocenters. The predicted octanol–water partition coefficient (Wildman–Crippen LogP) is 9.23. The largest absolute Gasteiger partial charge is 0.444 e. The first-order valence-corrected chi connectivity index (χ1v) is 19.5. The lowest BCUT2D eigenvalue weighted by molar-refractivity contribution is -0.129. The van der Waals surface area contributed by atoms with E-state index in [2.05, 4.69) is 143 Å². The van der Waals surface area contributed by atoms with E-state index < -0.39 is 10.3 Å². The van der Waals surface area contributed by atoms with Crippen LogP contribution in [0.3, 0.4) is 0 Å². The summed E-state index contributed by atoms with van der Waals surface area (Å²) >= 11 is 1.90. The van der Waals surface area contributed by atoms with Crippen LogP contribution in [0.25, 0.3) is 0 Å². The summed E-state index contributed by atoms with van der Waals surface area (Å²) in [5, 5.41) is 3.43. The Morgan fingerprint density at radius 3 is 1.68 bits per heavy atom. The van der Waals surface area contributed by atoms with Gasteiger partial charge in [0.25, 0.3) is 0 Å². The summed E-state index contributed by atoms with van der Waals surface area (Å²) in [5.41, 5.74) is 2.94. The molecule has 1 N–H and O–H groups in total. The molecule has 6 nitrogen and oxygen atoms in total. The number of nitrogens with zero attached hydrogens (tertiary/aromatic N) is 2. The van der Waals surface area contributed by atoms with E-state index in [4.69, 9.17) is 4.74 Å². The van der Waals surface area contributed by atoms with Gasteiger partial charge in [-0.25, -0.2) is 4.79 Å². The normalized spacial score (nSPS) is 18.0. The molecule has 3 aromatic carbocycles. The predicted molar refractivity (Wildman–Crippen MR) is 209 cm³/mol. The Labute approximate surface area is 306 Å². The van der Waals surface area contributed by atoms with Crippen molar-refractivity contribution in [3.05, 3.63) is 108 Å². The Balaban J connectivity index is 1.69. The van der Waals surface area contributed by atoms with E-state index in [0.717, 1.165) is 25.9 Å². The zero-order chi connectivity index (χ0) is 36.5. The van der Waals surface area contributed by atoms with E-state index in [0.29, 0.717) is 24.9 Å². The van der Waals surface area contributed by atoms with Gasteiger partial charge in [-0.3, -0.25) is 9.69 Å². The third kappa shape index (κ3) is 10.2. The van der Waals surface area contributed by atoms with Crippen LogP contribution in [0.5, 0.6) is 0 Å². The van der Waals surface area contributed by atoms with Gasteiger partial charge in [0.2, 0.25) is 5.91 Å². The van der Waals surface area contributed by atoms with Crippen LogP contribution < -0.4 is 5.32 Å². The summed E-state index contributed by atoms with van der Waals surface area (Å²) in [4.78, 5) is 32.3. The van der Waals surface area contributed by atoms with Gasteiger partial charge in [0.05, 0.1) is 16.8 Å². The van der Waals surface area contributed by atoms with Crippen molar-refractivity contribution in [3.63, 3.8) is 0 Å². The van der Waals surface area contributed by atoms with Crippen LogP contribution >= 0.6 is 11.8 Å². The van der Waals surface area contributed by atoms with Crippen molar-refractivity contribution in [1.82, 2.24) is 15.1 Å². The molecular weight excluding hydrogens is 639 g/mol. The Morgan fingerprint density at radius 1 is 0.820 bits per heavy atom. The molecule has 0 spiro atoms. The molecule has 4 rings (SSSR count). The maximum Gasteiger partial charge on any atom is 0.410 e. The van der Waals surface area contributed by atoms with E-state index in [1.54, 1.807) is 0 Å². The number of likely N-dealkylation sites (tertiary alicyclic amines) is 1. The first-order chi connectivity index (χ1) is 23.7. The smallest absolute Gasteiger partial charge is 0.410 e. The van der Waals surface area contributed by atoms with Crippen molar-refractivity contribution in [2.24, 2.45) is 17.8 Å². The third-order valence-corrected chi connectivity index (χ3v) is 11.2. The van der Waals surface area contributed by atoms with Crippen LogP contribution in [0, 0.1) is 17.8 Å². The number of rotatable bonds is 15. The molecule has 0 aromatic heterocycles. The standard InChI is InChI=1S/C43H61N3O3S/c1-10-33(6)39(45(28-31(2)3)29-32(4)5)40(47)44-27-37-26-38(30-46(37)41(48)49-42(7,8)9)50-43(34-20-14-11-15-21-34,35-22-16-12-17-23-35)36-24-18-13-19-25-36/h11-25,31-33,37-39H,10,26-30H2,1-9H3,(H,44,47)/t33-,37?,38?,39-/m0/s1. The number of hydrogen-bond donors (Lipinski definition) is 1. The summed E-state index contributed by atoms with van der Waals surface area (Å²) in [6.45, 7) is 21.6. The number of amides is 2. The molecule has 7 heteroatoms. The Morgan fingerprint density at radius 2 is 1.28 bits per heavy atom. The molecule has 1 fully saturated rings. The summed E-state index contributed by atoms with van der Waals surface area (Å²) in [6, 6.07) is 31.6. The number of carbonyl (C=O) groups is 2. The molecule has 272 valence electrons. The number of ether oxygens (including phenoxy) is 1. The first-order valence-electron chi connectivity index (χ1n) is 18.6. The van der Waals surface area contributed by atoms with E-state index >= 15 is 0 Å². The van der Waals surface area contributed by atoms with E-state index in [1.165, 1.54) is 16.7 Å². The van der Waals surface area contributed by atoms with Gasteiger partial charge in [0.1, 0.15) is 5.60 Å². The molecule has 0 bridgehead atoms. The SMILES string of the molecule is CC[C@H](C)[C@@H](C(=O)NCC1CC(SC(c2ccccc2)(c2ccccc2)c2ccccc2)CN1C(=O)OC(C)(C)C)N(CC(C)C)CC(C)C.